The lowest BCUT2D eigenvalue weighted by Crippen LogP contribution is -2.39. The molecule has 4 heteroatoms. The van der Waals surface area contributed by atoms with Crippen LogP contribution in [0, 0.1) is 5.92 Å². The van der Waals surface area contributed by atoms with E-state index in [2.05, 4.69) is 4.90 Å². The van der Waals surface area contributed by atoms with Gasteiger partial charge in [0, 0.05) is 25.4 Å². The van der Waals surface area contributed by atoms with Crippen molar-refractivity contribution in [3.8, 4) is 0 Å². The third kappa shape index (κ3) is 3.24. The SMILES string of the molecule is CCOC(=O)CC1CCC(N2CCCC2=O)CC1. The molecule has 4 nitrogen and oxygen atoms in total. The monoisotopic (exact) mass is 253 g/mol. The quantitative estimate of drug-likeness (QED) is 0.721. The minimum absolute atomic E-state index is 0.0711. The molecule has 2 aliphatic rings. The lowest BCUT2D eigenvalue weighted by molar-refractivity contribution is -0.144. The smallest absolute Gasteiger partial charge is 0.306 e. The summed E-state index contributed by atoms with van der Waals surface area (Å²) in [6.45, 7) is 3.25. The van der Waals surface area contributed by atoms with Crippen LogP contribution in [0.5, 0.6) is 0 Å². The molecule has 0 radical (unpaired) electrons. The predicted molar refractivity (Wildman–Crippen MR) is 67.9 cm³/mol. The van der Waals surface area contributed by atoms with Gasteiger partial charge in [-0.2, -0.15) is 0 Å². The fourth-order valence-electron chi connectivity index (χ4n) is 3.17. The van der Waals surface area contributed by atoms with Gasteiger partial charge in [0.2, 0.25) is 5.91 Å². The Morgan fingerprint density at radius 3 is 2.61 bits per heavy atom. The molecule has 0 N–H and O–H groups in total. The summed E-state index contributed by atoms with van der Waals surface area (Å²) in [5.41, 5.74) is 0. The van der Waals surface area contributed by atoms with Crippen molar-refractivity contribution in [2.75, 3.05) is 13.2 Å². The molecule has 1 amide bonds. The van der Waals surface area contributed by atoms with Crippen LogP contribution < -0.4 is 0 Å². The molecule has 1 aliphatic heterocycles. The number of carbonyl (C=O) groups is 2. The second-order valence-electron chi connectivity index (χ2n) is 5.37. The van der Waals surface area contributed by atoms with E-state index in [1.165, 1.54) is 0 Å². The van der Waals surface area contributed by atoms with Crippen LogP contribution in [0.2, 0.25) is 0 Å². The third-order valence-electron chi connectivity index (χ3n) is 4.13. The highest BCUT2D eigenvalue weighted by atomic mass is 16.5. The number of rotatable bonds is 4. The Morgan fingerprint density at radius 1 is 1.33 bits per heavy atom. The van der Waals surface area contributed by atoms with E-state index >= 15 is 0 Å². The van der Waals surface area contributed by atoms with E-state index in [-0.39, 0.29) is 5.97 Å². The molecule has 1 heterocycles. The standard InChI is InChI=1S/C14H23NO3/c1-2-18-14(17)10-11-5-7-12(8-6-11)15-9-3-4-13(15)16/h11-12H,2-10H2,1H3. The van der Waals surface area contributed by atoms with Crippen molar-refractivity contribution in [3.63, 3.8) is 0 Å². The molecule has 1 aliphatic carbocycles. The maximum atomic E-state index is 11.7. The number of amides is 1. The summed E-state index contributed by atoms with van der Waals surface area (Å²) in [7, 11) is 0. The Labute approximate surface area is 109 Å². The van der Waals surface area contributed by atoms with E-state index in [1.54, 1.807) is 0 Å². The summed E-state index contributed by atoms with van der Waals surface area (Å²) in [5.74, 6) is 0.708. The van der Waals surface area contributed by atoms with Crippen molar-refractivity contribution in [2.24, 2.45) is 5.92 Å². The van der Waals surface area contributed by atoms with Gasteiger partial charge >= 0.3 is 5.97 Å². The molecule has 18 heavy (non-hydrogen) atoms. The molecule has 102 valence electrons. The molecular weight excluding hydrogens is 230 g/mol. The Hall–Kier alpha value is -1.06. The zero-order valence-corrected chi connectivity index (χ0v) is 11.2. The van der Waals surface area contributed by atoms with Crippen molar-refractivity contribution in [1.82, 2.24) is 4.90 Å². The number of likely N-dealkylation sites (tertiary alicyclic amines) is 1. The topological polar surface area (TPSA) is 46.6 Å². The van der Waals surface area contributed by atoms with Crippen molar-refractivity contribution < 1.29 is 14.3 Å². The number of hydrogen-bond acceptors (Lipinski definition) is 3. The first kappa shape index (κ1) is 13.4. The summed E-state index contributed by atoms with van der Waals surface area (Å²) in [6, 6.07) is 0.429. The molecule has 0 atom stereocenters. The molecule has 0 aromatic rings. The Bertz CT molecular complexity index is 308. The van der Waals surface area contributed by atoms with Crippen LogP contribution in [0.3, 0.4) is 0 Å². The van der Waals surface area contributed by atoms with Gasteiger partial charge < -0.3 is 9.64 Å². The van der Waals surface area contributed by atoms with E-state index in [0.717, 1.165) is 45.1 Å². The van der Waals surface area contributed by atoms with Gasteiger partial charge in [-0.3, -0.25) is 9.59 Å². The summed E-state index contributed by atoms with van der Waals surface area (Å²) in [5, 5.41) is 0. The van der Waals surface area contributed by atoms with Crippen LogP contribution in [-0.4, -0.2) is 36.0 Å². The molecule has 1 saturated heterocycles. The third-order valence-corrected chi connectivity index (χ3v) is 4.13. The maximum Gasteiger partial charge on any atom is 0.306 e. The van der Waals surface area contributed by atoms with Crippen LogP contribution in [0.4, 0.5) is 0 Å². The summed E-state index contributed by atoms with van der Waals surface area (Å²) in [6.07, 6.45) is 6.49. The van der Waals surface area contributed by atoms with Gasteiger partial charge in [0.1, 0.15) is 0 Å². The molecule has 1 saturated carbocycles. The zero-order valence-electron chi connectivity index (χ0n) is 11.2. The second-order valence-corrected chi connectivity index (χ2v) is 5.37. The second kappa shape index (κ2) is 6.21. The van der Waals surface area contributed by atoms with E-state index in [4.69, 9.17) is 4.74 Å². The summed E-state index contributed by atoms with van der Waals surface area (Å²) in [4.78, 5) is 25.1. The minimum atomic E-state index is -0.0711. The Kier molecular flexibility index (Phi) is 4.61. The van der Waals surface area contributed by atoms with E-state index in [9.17, 15) is 9.59 Å². The average Bonchev–Trinajstić information content (AvgIpc) is 2.77. The number of ether oxygens (including phenoxy) is 1. The van der Waals surface area contributed by atoms with Crippen molar-refractivity contribution in [3.05, 3.63) is 0 Å². The normalized spacial score (nSPS) is 28.5. The van der Waals surface area contributed by atoms with Crippen LogP contribution >= 0.6 is 0 Å². The molecule has 0 bridgehead atoms. The lowest BCUT2D eigenvalue weighted by atomic mass is 9.83. The van der Waals surface area contributed by atoms with Gasteiger partial charge in [0.15, 0.2) is 0 Å². The highest BCUT2D eigenvalue weighted by molar-refractivity contribution is 5.78. The molecule has 0 spiro atoms. The van der Waals surface area contributed by atoms with Crippen LogP contribution in [0.1, 0.15) is 51.9 Å². The fraction of sp³-hybridized carbons (Fsp3) is 0.857. The number of nitrogens with zero attached hydrogens (tertiary/aromatic N) is 1. The fourth-order valence-corrected chi connectivity index (χ4v) is 3.17. The van der Waals surface area contributed by atoms with E-state index in [0.29, 0.717) is 30.9 Å². The van der Waals surface area contributed by atoms with Crippen LogP contribution in [0.25, 0.3) is 0 Å². The van der Waals surface area contributed by atoms with Gasteiger partial charge in [0.05, 0.1) is 6.61 Å². The van der Waals surface area contributed by atoms with Crippen molar-refractivity contribution in [1.29, 1.82) is 0 Å². The first-order chi connectivity index (χ1) is 8.70. The highest BCUT2D eigenvalue weighted by Gasteiger charge is 2.31. The molecule has 0 unspecified atom stereocenters. The number of esters is 1. The van der Waals surface area contributed by atoms with E-state index in [1.807, 2.05) is 6.92 Å². The van der Waals surface area contributed by atoms with Gasteiger partial charge in [0.25, 0.3) is 0 Å². The molecule has 0 aromatic carbocycles. The number of carbonyl (C=O) groups excluding carboxylic acids is 2. The van der Waals surface area contributed by atoms with Gasteiger partial charge in [-0.1, -0.05) is 0 Å². The largest absolute Gasteiger partial charge is 0.466 e. The first-order valence-corrected chi connectivity index (χ1v) is 7.15. The van der Waals surface area contributed by atoms with E-state index < -0.39 is 0 Å². The summed E-state index contributed by atoms with van der Waals surface area (Å²) >= 11 is 0. The maximum absolute atomic E-state index is 11.7. The lowest BCUT2D eigenvalue weighted by Gasteiger charge is -2.34. The Morgan fingerprint density at radius 2 is 2.06 bits per heavy atom. The van der Waals surface area contributed by atoms with Crippen molar-refractivity contribution in [2.45, 2.75) is 57.9 Å². The van der Waals surface area contributed by atoms with Crippen LogP contribution in [0.15, 0.2) is 0 Å². The molecular formula is C14H23NO3. The summed E-state index contributed by atoms with van der Waals surface area (Å²) < 4.78 is 4.98. The first-order valence-electron chi connectivity index (χ1n) is 7.15. The number of hydrogen-bond donors (Lipinski definition) is 0. The molecule has 2 fully saturated rings. The van der Waals surface area contributed by atoms with Gasteiger partial charge in [-0.05, 0) is 44.9 Å². The molecule has 0 aromatic heterocycles. The Balaban J connectivity index is 1.74. The van der Waals surface area contributed by atoms with Gasteiger partial charge in [-0.25, -0.2) is 0 Å². The minimum Gasteiger partial charge on any atom is -0.466 e. The zero-order chi connectivity index (χ0) is 13.0. The average molecular weight is 253 g/mol. The van der Waals surface area contributed by atoms with Crippen LogP contribution in [-0.2, 0) is 14.3 Å². The van der Waals surface area contributed by atoms with Crippen molar-refractivity contribution >= 4 is 11.9 Å². The van der Waals surface area contributed by atoms with Gasteiger partial charge in [-0.15, -0.1) is 0 Å². The molecule has 2 rings (SSSR count). The predicted octanol–water partition coefficient (Wildman–Crippen LogP) is 2.12. The highest BCUT2D eigenvalue weighted by Crippen LogP contribution is 2.31.